The first kappa shape index (κ1) is 9.23. The molecule has 3 rings (SSSR count). The zero-order chi connectivity index (χ0) is 11.1. The Morgan fingerprint density at radius 3 is 2.88 bits per heavy atom. The van der Waals surface area contributed by atoms with Gasteiger partial charge in [0.25, 0.3) is 0 Å². The summed E-state index contributed by atoms with van der Waals surface area (Å²) in [7, 11) is 2.10. The first-order chi connectivity index (χ1) is 7.81. The molecule has 1 aromatic carbocycles. The van der Waals surface area contributed by atoms with Crippen molar-refractivity contribution in [3.8, 4) is 6.07 Å². The highest BCUT2D eigenvalue weighted by Crippen LogP contribution is 2.32. The predicted octanol–water partition coefficient (Wildman–Crippen LogP) is 3.03. The molecule has 0 saturated heterocycles. The van der Waals surface area contributed by atoms with Gasteiger partial charge in [-0.25, -0.2) is 0 Å². The molecule has 2 heteroatoms. The van der Waals surface area contributed by atoms with Gasteiger partial charge in [-0.05, 0) is 25.0 Å². The third kappa shape index (κ3) is 1.12. The summed E-state index contributed by atoms with van der Waals surface area (Å²) in [5.74, 6) is 0. The average Bonchev–Trinajstić information content (AvgIpc) is 2.64. The van der Waals surface area contributed by atoms with Crippen LogP contribution in [0.2, 0.25) is 0 Å². The van der Waals surface area contributed by atoms with Gasteiger partial charge < -0.3 is 4.57 Å². The number of fused-ring (bicyclic) bond motifs is 3. The summed E-state index contributed by atoms with van der Waals surface area (Å²) < 4.78 is 2.25. The van der Waals surface area contributed by atoms with Crippen molar-refractivity contribution >= 4 is 17.0 Å². The first-order valence-corrected chi connectivity index (χ1v) is 5.48. The number of aryl methyl sites for hydroxylation is 1. The Hall–Kier alpha value is -2.01. The van der Waals surface area contributed by atoms with Gasteiger partial charge in [0.1, 0.15) is 0 Å². The van der Waals surface area contributed by atoms with Crippen molar-refractivity contribution in [1.82, 2.24) is 4.57 Å². The van der Waals surface area contributed by atoms with Crippen molar-refractivity contribution in [3.63, 3.8) is 0 Å². The van der Waals surface area contributed by atoms with Gasteiger partial charge in [-0.1, -0.05) is 18.2 Å². The minimum atomic E-state index is 0.869. The fourth-order valence-corrected chi connectivity index (χ4v) is 2.53. The van der Waals surface area contributed by atoms with Crippen LogP contribution in [-0.4, -0.2) is 4.57 Å². The Labute approximate surface area is 94.4 Å². The van der Waals surface area contributed by atoms with E-state index in [0.717, 1.165) is 18.4 Å². The topological polar surface area (TPSA) is 28.7 Å². The molecule has 0 unspecified atom stereocenters. The van der Waals surface area contributed by atoms with Crippen LogP contribution in [0.4, 0.5) is 0 Å². The van der Waals surface area contributed by atoms with E-state index in [2.05, 4.69) is 41.9 Å². The molecule has 1 heterocycles. The number of hydrogen-bond donors (Lipinski definition) is 0. The summed E-state index contributed by atoms with van der Waals surface area (Å²) >= 11 is 0. The zero-order valence-electron chi connectivity index (χ0n) is 9.20. The summed E-state index contributed by atoms with van der Waals surface area (Å²) in [6.45, 7) is 0. The van der Waals surface area contributed by atoms with Gasteiger partial charge in [-0.2, -0.15) is 5.26 Å². The van der Waals surface area contributed by atoms with Crippen LogP contribution in [-0.2, 0) is 13.5 Å². The van der Waals surface area contributed by atoms with E-state index in [-0.39, 0.29) is 0 Å². The van der Waals surface area contributed by atoms with Crippen LogP contribution in [0, 0.1) is 11.3 Å². The van der Waals surface area contributed by atoms with Crippen molar-refractivity contribution in [2.45, 2.75) is 12.8 Å². The number of nitrogens with zero attached hydrogens (tertiary/aromatic N) is 2. The minimum Gasteiger partial charge on any atom is -0.347 e. The van der Waals surface area contributed by atoms with Gasteiger partial charge in [0.2, 0.25) is 0 Å². The number of rotatable bonds is 0. The van der Waals surface area contributed by atoms with Crippen molar-refractivity contribution in [3.05, 3.63) is 41.1 Å². The Kier molecular flexibility index (Phi) is 1.87. The van der Waals surface area contributed by atoms with Gasteiger partial charge in [0, 0.05) is 34.8 Å². The SMILES string of the molecule is Cn1c2c(c3ccccc31)C=C(C#N)CC2. The van der Waals surface area contributed by atoms with E-state index in [0.29, 0.717) is 0 Å². The Bertz CT molecular complexity index is 639. The second-order valence-electron chi connectivity index (χ2n) is 4.22. The number of para-hydroxylation sites is 1. The van der Waals surface area contributed by atoms with Crippen LogP contribution in [0.25, 0.3) is 17.0 Å². The third-order valence-electron chi connectivity index (χ3n) is 3.36. The van der Waals surface area contributed by atoms with Crippen LogP contribution in [0.15, 0.2) is 29.8 Å². The smallest absolute Gasteiger partial charge is 0.0947 e. The fraction of sp³-hybridized carbons (Fsp3) is 0.214. The number of aromatic nitrogens is 1. The Morgan fingerprint density at radius 2 is 2.06 bits per heavy atom. The van der Waals surface area contributed by atoms with Gasteiger partial charge in [0.05, 0.1) is 6.07 Å². The highest BCUT2D eigenvalue weighted by Gasteiger charge is 2.17. The van der Waals surface area contributed by atoms with E-state index in [1.54, 1.807) is 0 Å². The summed E-state index contributed by atoms with van der Waals surface area (Å²) in [6.07, 6.45) is 3.88. The maximum Gasteiger partial charge on any atom is 0.0947 e. The molecular weight excluding hydrogens is 196 g/mol. The molecule has 0 fully saturated rings. The molecule has 0 radical (unpaired) electrons. The molecule has 1 aliphatic rings. The lowest BCUT2D eigenvalue weighted by Gasteiger charge is -2.10. The normalized spacial score (nSPS) is 14.4. The molecule has 16 heavy (non-hydrogen) atoms. The molecule has 0 spiro atoms. The molecule has 78 valence electrons. The highest BCUT2D eigenvalue weighted by molar-refractivity contribution is 5.92. The molecule has 0 aliphatic heterocycles. The summed E-state index contributed by atoms with van der Waals surface area (Å²) in [5.41, 5.74) is 4.73. The van der Waals surface area contributed by atoms with E-state index in [1.165, 1.54) is 22.2 Å². The summed E-state index contributed by atoms with van der Waals surface area (Å²) in [5, 5.41) is 10.2. The van der Waals surface area contributed by atoms with E-state index in [1.807, 2.05) is 6.08 Å². The number of hydrogen-bond acceptors (Lipinski definition) is 1. The first-order valence-electron chi connectivity index (χ1n) is 5.48. The molecule has 1 aromatic heterocycles. The molecule has 0 N–H and O–H groups in total. The van der Waals surface area contributed by atoms with Crippen LogP contribution >= 0.6 is 0 Å². The predicted molar refractivity (Wildman–Crippen MR) is 64.8 cm³/mol. The third-order valence-corrected chi connectivity index (χ3v) is 3.36. The molecule has 2 aromatic rings. The van der Waals surface area contributed by atoms with Gasteiger partial charge >= 0.3 is 0 Å². The van der Waals surface area contributed by atoms with Crippen molar-refractivity contribution in [2.75, 3.05) is 0 Å². The van der Waals surface area contributed by atoms with Gasteiger partial charge in [-0.3, -0.25) is 0 Å². The standard InChI is InChI=1S/C14H12N2/c1-16-13-5-3-2-4-11(13)12-8-10(9-15)6-7-14(12)16/h2-5,8H,6-7H2,1H3. The molecule has 1 aliphatic carbocycles. The highest BCUT2D eigenvalue weighted by atomic mass is 14.9. The lowest BCUT2D eigenvalue weighted by molar-refractivity contribution is 0.814. The summed E-state index contributed by atoms with van der Waals surface area (Å²) in [6, 6.07) is 10.6. The van der Waals surface area contributed by atoms with Gasteiger partial charge in [-0.15, -0.1) is 0 Å². The quantitative estimate of drug-likeness (QED) is 0.654. The second kappa shape index (κ2) is 3.24. The van der Waals surface area contributed by atoms with Crippen LogP contribution in [0.5, 0.6) is 0 Å². The van der Waals surface area contributed by atoms with Crippen molar-refractivity contribution in [1.29, 1.82) is 5.26 Å². The van der Waals surface area contributed by atoms with Crippen LogP contribution in [0.3, 0.4) is 0 Å². The maximum atomic E-state index is 8.97. The molecule has 0 amide bonds. The average molecular weight is 208 g/mol. The zero-order valence-corrected chi connectivity index (χ0v) is 9.20. The van der Waals surface area contributed by atoms with E-state index >= 15 is 0 Å². The van der Waals surface area contributed by atoms with E-state index in [9.17, 15) is 0 Å². The Morgan fingerprint density at radius 1 is 1.25 bits per heavy atom. The number of nitriles is 1. The van der Waals surface area contributed by atoms with Crippen LogP contribution in [0.1, 0.15) is 17.7 Å². The monoisotopic (exact) mass is 208 g/mol. The minimum absolute atomic E-state index is 0.869. The Balaban J connectivity index is 2.39. The molecular formula is C14H12N2. The number of benzene rings is 1. The van der Waals surface area contributed by atoms with Gasteiger partial charge in [0.15, 0.2) is 0 Å². The molecule has 0 atom stereocenters. The molecule has 0 bridgehead atoms. The number of allylic oxidation sites excluding steroid dienone is 1. The second-order valence-corrected chi connectivity index (χ2v) is 4.22. The van der Waals surface area contributed by atoms with E-state index in [4.69, 9.17) is 5.26 Å². The largest absolute Gasteiger partial charge is 0.347 e. The fourth-order valence-electron chi connectivity index (χ4n) is 2.53. The van der Waals surface area contributed by atoms with E-state index < -0.39 is 0 Å². The van der Waals surface area contributed by atoms with Crippen molar-refractivity contribution < 1.29 is 0 Å². The maximum absolute atomic E-state index is 8.97. The van der Waals surface area contributed by atoms with Crippen molar-refractivity contribution in [2.24, 2.45) is 7.05 Å². The summed E-state index contributed by atoms with van der Waals surface area (Å²) in [4.78, 5) is 0. The lowest BCUT2D eigenvalue weighted by Crippen LogP contribution is -2.02. The lowest BCUT2D eigenvalue weighted by atomic mass is 9.97. The van der Waals surface area contributed by atoms with Crippen LogP contribution < -0.4 is 0 Å². The molecule has 2 nitrogen and oxygen atoms in total. The molecule has 0 saturated carbocycles.